The molecule has 0 bridgehead atoms. The largest absolute Gasteiger partial charge is 0.361 e. The number of aromatic nitrogens is 1. The fourth-order valence-corrected chi connectivity index (χ4v) is 6.06. The molecule has 1 amide bonds. The van der Waals surface area contributed by atoms with E-state index in [4.69, 9.17) is 0 Å². The molecule has 1 aliphatic carbocycles. The maximum Gasteiger partial charge on any atom is 0.230 e. The Bertz CT molecular complexity index is 975. The molecule has 2 saturated heterocycles. The number of aromatic amines is 1. The number of benzene rings is 1. The van der Waals surface area contributed by atoms with Crippen molar-refractivity contribution >= 4 is 22.4 Å². The average molecular weight is 362 g/mol. The van der Waals surface area contributed by atoms with Gasteiger partial charge in [0.05, 0.1) is 5.92 Å². The third kappa shape index (κ3) is 2.15. The summed E-state index contributed by atoms with van der Waals surface area (Å²) in [6, 6.07) is 6.87. The molecule has 6 rings (SSSR count). The predicted molar refractivity (Wildman–Crippen MR) is 106 cm³/mol. The molecule has 1 aromatic heterocycles. The van der Waals surface area contributed by atoms with Crippen molar-refractivity contribution in [2.45, 2.75) is 12.5 Å². The molecule has 2 atom stereocenters. The van der Waals surface area contributed by atoms with E-state index in [-0.39, 0.29) is 5.92 Å². The third-order valence-electron chi connectivity index (χ3n) is 7.16. The maximum atomic E-state index is 13.2. The van der Waals surface area contributed by atoms with Crippen LogP contribution >= 0.6 is 0 Å². The number of likely N-dealkylation sites (tertiary alicyclic amines) is 2. The highest BCUT2D eigenvalue weighted by Crippen LogP contribution is 2.43. The SMILES string of the molecule is CN1CC2(C1)CN(C(=O)C1C=C3c4cccc5[nH]cc(c45)CC3N(C)C1)C2. The van der Waals surface area contributed by atoms with Crippen LogP contribution in [0.1, 0.15) is 11.1 Å². The first-order chi connectivity index (χ1) is 13.0. The van der Waals surface area contributed by atoms with Gasteiger partial charge in [0.15, 0.2) is 0 Å². The standard InChI is InChI=1S/C22H26N4O/c1-24-10-22(11-24)12-26(13-22)21(27)15-6-17-16-4-3-5-18-20(16)14(8-23-18)7-19(17)25(2)9-15/h3-6,8,15,19,23H,7,9-13H2,1-2H3. The Morgan fingerprint density at radius 2 is 2.00 bits per heavy atom. The minimum absolute atomic E-state index is 0.0212. The summed E-state index contributed by atoms with van der Waals surface area (Å²) in [4.78, 5) is 23.4. The summed E-state index contributed by atoms with van der Waals surface area (Å²) >= 11 is 0. The van der Waals surface area contributed by atoms with Gasteiger partial charge in [0.2, 0.25) is 5.91 Å². The molecule has 2 aromatic rings. The van der Waals surface area contributed by atoms with Crippen LogP contribution in [0.3, 0.4) is 0 Å². The minimum atomic E-state index is -0.0212. The minimum Gasteiger partial charge on any atom is -0.361 e. The lowest BCUT2D eigenvalue weighted by atomic mass is 9.72. The van der Waals surface area contributed by atoms with Gasteiger partial charge in [-0.15, -0.1) is 0 Å². The first-order valence-corrected chi connectivity index (χ1v) is 10.0. The van der Waals surface area contributed by atoms with Crippen LogP contribution in [0, 0.1) is 11.3 Å². The second-order valence-corrected chi connectivity index (χ2v) is 9.30. The van der Waals surface area contributed by atoms with Gasteiger partial charge in [0.25, 0.3) is 0 Å². The summed E-state index contributed by atoms with van der Waals surface area (Å²) in [5, 5.41) is 1.35. The van der Waals surface area contributed by atoms with Gasteiger partial charge in [-0.1, -0.05) is 18.2 Å². The second kappa shape index (κ2) is 5.24. The smallest absolute Gasteiger partial charge is 0.230 e. The maximum absolute atomic E-state index is 13.2. The summed E-state index contributed by atoms with van der Waals surface area (Å²) in [7, 11) is 4.34. The van der Waals surface area contributed by atoms with Gasteiger partial charge in [-0.3, -0.25) is 9.69 Å². The number of fused-ring (bicyclic) bond motifs is 2. The lowest BCUT2D eigenvalue weighted by Crippen LogP contribution is -2.72. The van der Waals surface area contributed by atoms with Crippen molar-refractivity contribution < 1.29 is 4.79 Å². The molecule has 0 saturated carbocycles. The third-order valence-corrected chi connectivity index (χ3v) is 7.16. The number of rotatable bonds is 1. The van der Waals surface area contributed by atoms with Crippen molar-refractivity contribution in [3.8, 4) is 0 Å². The number of hydrogen-bond donors (Lipinski definition) is 1. The van der Waals surface area contributed by atoms with E-state index < -0.39 is 0 Å². The summed E-state index contributed by atoms with van der Waals surface area (Å²) in [5.41, 5.74) is 5.66. The van der Waals surface area contributed by atoms with Gasteiger partial charge in [-0.25, -0.2) is 0 Å². The Hall–Kier alpha value is -2.11. The first kappa shape index (κ1) is 15.9. The summed E-state index contributed by atoms with van der Waals surface area (Å²) < 4.78 is 0. The van der Waals surface area contributed by atoms with Crippen LogP contribution in [-0.2, 0) is 11.2 Å². The van der Waals surface area contributed by atoms with Crippen LogP contribution < -0.4 is 0 Å². The van der Waals surface area contributed by atoms with Gasteiger partial charge in [0, 0.05) is 61.3 Å². The highest BCUT2D eigenvalue weighted by Gasteiger charge is 2.52. The van der Waals surface area contributed by atoms with Crippen LogP contribution in [0.15, 0.2) is 30.5 Å². The number of nitrogens with zero attached hydrogens (tertiary/aromatic N) is 3. The Morgan fingerprint density at radius 3 is 2.78 bits per heavy atom. The van der Waals surface area contributed by atoms with E-state index >= 15 is 0 Å². The number of nitrogens with one attached hydrogen (secondary N) is 1. The van der Waals surface area contributed by atoms with E-state index in [9.17, 15) is 4.79 Å². The van der Waals surface area contributed by atoms with E-state index in [0.29, 0.717) is 17.4 Å². The highest BCUT2D eigenvalue weighted by atomic mass is 16.2. The van der Waals surface area contributed by atoms with Gasteiger partial charge < -0.3 is 14.8 Å². The molecule has 5 nitrogen and oxygen atoms in total. The molecule has 4 aliphatic rings. The quantitative estimate of drug-likeness (QED) is 0.841. The zero-order chi connectivity index (χ0) is 18.3. The molecule has 4 heterocycles. The fourth-order valence-electron chi connectivity index (χ4n) is 6.06. The molecule has 5 heteroatoms. The molecule has 0 radical (unpaired) electrons. The van der Waals surface area contributed by atoms with Crippen molar-refractivity contribution in [1.82, 2.24) is 19.7 Å². The Morgan fingerprint density at radius 1 is 1.19 bits per heavy atom. The number of likely N-dealkylation sites (N-methyl/N-ethyl adjacent to an activating group) is 1. The van der Waals surface area contributed by atoms with Crippen LogP contribution in [0.25, 0.3) is 16.5 Å². The Labute approximate surface area is 159 Å². The summed E-state index contributed by atoms with van der Waals surface area (Å²) in [6.45, 7) is 5.00. The van der Waals surface area contributed by atoms with Crippen molar-refractivity contribution in [3.05, 3.63) is 41.6 Å². The van der Waals surface area contributed by atoms with Crippen molar-refractivity contribution in [3.63, 3.8) is 0 Å². The molecule has 1 spiro atoms. The lowest BCUT2D eigenvalue weighted by Gasteiger charge is -2.60. The molecule has 1 aromatic carbocycles. The number of hydrogen-bond acceptors (Lipinski definition) is 3. The molecular formula is C22H26N4O. The van der Waals surface area contributed by atoms with Gasteiger partial charge in [0.1, 0.15) is 0 Å². The highest BCUT2D eigenvalue weighted by molar-refractivity contribution is 5.99. The molecule has 2 fully saturated rings. The summed E-state index contributed by atoms with van der Waals surface area (Å²) in [5.74, 6) is 0.298. The molecule has 3 aliphatic heterocycles. The fraction of sp³-hybridized carbons (Fsp3) is 0.500. The van der Waals surface area contributed by atoms with Gasteiger partial charge in [-0.05, 0) is 43.3 Å². The number of amides is 1. The molecule has 140 valence electrons. The summed E-state index contributed by atoms with van der Waals surface area (Å²) in [6.07, 6.45) is 5.47. The van der Waals surface area contributed by atoms with Crippen LogP contribution in [0.2, 0.25) is 0 Å². The van der Waals surface area contributed by atoms with Crippen LogP contribution in [-0.4, -0.2) is 78.5 Å². The number of carbonyl (C=O) groups is 1. The van der Waals surface area contributed by atoms with E-state index in [0.717, 1.165) is 39.1 Å². The average Bonchev–Trinajstić information content (AvgIpc) is 3.01. The van der Waals surface area contributed by atoms with E-state index in [2.05, 4.69) is 64.3 Å². The molecular weight excluding hydrogens is 336 g/mol. The lowest BCUT2D eigenvalue weighted by molar-refractivity contribution is -0.160. The topological polar surface area (TPSA) is 42.6 Å². The number of carbonyl (C=O) groups excluding carboxylic acids is 1. The normalized spacial score (nSPS) is 29.3. The Kier molecular flexibility index (Phi) is 3.08. The Balaban J connectivity index is 1.32. The zero-order valence-corrected chi connectivity index (χ0v) is 16.0. The van der Waals surface area contributed by atoms with Crippen LogP contribution in [0.5, 0.6) is 0 Å². The van der Waals surface area contributed by atoms with Crippen molar-refractivity contribution in [1.29, 1.82) is 0 Å². The predicted octanol–water partition coefficient (Wildman–Crippen LogP) is 1.81. The molecule has 2 unspecified atom stereocenters. The van der Waals surface area contributed by atoms with Crippen LogP contribution in [0.4, 0.5) is 0 Å². The van der Waals surface area contributed by atoms with Crippen molar-refractivity contribution in [2.24, 2.45) is 11.3 Å². The monoisotopic (exact) mass is 362 g/mol. The molecule has 27 heavy (non-hydrogen) atoms. The van der Waals surface area contributed by atoms with E-state index in [1.165, 1.54) is 27.6 Å². The molecule has 1 N–H and O–H groups in total. The van der Waals surface area contributed by atoms with Crippen molar-refractivity contribution in [2.75, 3.05) is 46.8 Å². The first-order valence-electron chi connectivity index (χ1n) is 10.0. The zero-order valence-electron chi connectivity index (χ0n) is 16.0. The van der Waals surface area contributed by atoms with E-state index in [1.807, 2.05) is 0 Å². The number of H-pyrrole nitrogens is 1. The van der Waals surface area contributed by atoms with E-state index in [1.54, 1.807) is 0 Å². The van der Waals surface area contributed by atoms with Gasteiger partial charge in [-0.2, -0.15) is 0 Å². The van der Waals surface area contributed by atoms with Gasteiger partial charge >= 0.3 is 0 Å². The second-order valence-electron chi connectivity index (χ2n) is 9.30.